The minimum absolute atomic E-state index is 0.0434. The largest absolute Gasteiger partial charge is 0.457 e. The van der Waals surface area contributed by atoms with Gasteiger partial charge in [0.15, 0.2) is 0 Å². The van der Waals surface area contributed by atoms with Crippen LogP contribution in [0.15, 0.2) is 42.5 Å². The number of para-hydroxylation sites is 1. The zero-order valence-electron chi connectivity index (χ0n) is 11.0. The number of nitrogens with two attached hydrogens (primary N) is 1. The maximum atomic E-state index is 12.8. The summed E-state index contributed by atoms with van der Waals surface area (Å²) in [6.45, 7) is -0.0735. The number of nitrogen functional groups attached to an aromatic ring is 1. The molecule has 0 aliphatic rings. The van der Waals surface area contributed by atoms with E-state index in [4.69, 9.17) is 15.6 Å². The van der Waals surface area contributed by atoms with Crippen molar-refractivity contribution in [2.24, 2.45) is 0 Å². The fraction of sp³-hybridized carbons (Fsp3) is 0.200. The van der Waals surface area contributed by atoms with Crippen LogP contribution < -0.4 is 10.5 Å². The summed E-state index contributed by atoms with van der Waals surface area (Å²) in [5, 5.41) is 8.98. The van der Waals surface area contributed by atoms with Gasteiger partial charge in [-0.05, 0) is 36.2 Å². The van der Waals surface area contributed by atoms with Gasteiger partial charge in [0.25, 0.3) is 0 Å². The molecule has 3 nitrogen and oxygen atoms in total. The molecule has 0 aliphatic heterocycles. The molecular weight excluding hydrogens is 283 g/mol. The van der Waals surface area contributed by atoms with Gasteiger partial charge in [-0.2, -0.15) is 13.2 Å². The zero-order valence-corrected chi connectivity index (χ0v) is 11.0. The van der Waals surface area contributed by atoms with Gasteiger partial charge in [-0.1, -0.05) is 18.2 Å². The van der Waals surface area contributed by atoms with Crippen LogP contribution in [0.25, 0.3) is 0 Å². The summed E-state index contributed by atoms with van der Waals surface area (Å²) in [6, 6.07) is 10.3. The lowest BCUT2D eigenvalue weighted by atomic mass is 10.1. The molecule has 0 unspecified atom stereocenters. The molecule has 0 saturated heterocycles. The first-order chi connectivity index (χ1) is 9.91. The predicted molar refractivity (Wildman–Crippen MR) is 73.2 cm³/mol. The second-order valence-electron chi connectivity index (χ2n) is 4.43. The predicted octanol–water partition coefficient (Wildman–Crippen LogP) is 3.61. The highest BCUT2D eigenvalue weighted by molar-refractivity contribution is 5.53. The quantitative estimate of drug-likeness (QED) is 0.848. The molecule has 0 bridgehead atoms. The number of halogens is 3. The van der Waals surface area contributed by atoms with Crippen molar-refractivity contribution in [2.75, 3.05) is 12.3 Å². The Kier molecular flexibility index (Phi) is 4.37. The lowest BCUT2D eigenvalue weighted by Gasteiger charge is -2.14. The average molecular weight is 297 g/mol. The molecule has 0 amide bonds. The Bertz CT molecular complexity index is 627. The molecule has 0 saturated carbocycles. The molecule has 6 heteroatoms. The highest BCUT2D eigenvalue weighted by atomic mass is 19.4. The van der Waals surface area contributed by atoms with Gasteiger partial charge in [-0.25, -0.2) is 0 Å². The Hall–Kier alpha value is -2.21. The van der Waals surface area contributed by atoms with Crippen molar-refractivity contribution in [1.82, 2.24) is 0 Å². The second-order valence-corrected chi connectivity index (χ2v) is 4.43. The van der Waals surface area contributed by atoms with Crippen LogP contribution in [-0.2, 0) is 12.6 Å². The van der Waals surface area contributed by atoms with E-state index in [2.05, 4.69) is 0 Å². The van der Waals surface area contributed by atoms with Gasteiger partial charge in [0.1, 0.15) is 11.5 Å². The van der Waals surface area contributed by atoms with Crippen LogP contribution >= 0.6 is 0 Å². The van der Waals surface area contributed by atoms with E-state index in [9.17, 15) is 13.2 Å². The number of alkyl halides is 3. The second kappa shape index (κ2) is 6.05. The number of aliphatic hydroxyl groups excluding tert-OH is 1. The number of ether oxygens (including phenoxy) is 1. The molecule has 0 atom stereocenters. The summed E-state index contributed by atoms with van der Waals surface area (Å²) < 4.78 is 43.9. The van der Waals surface area contributed by atoms with Crippen molar-refractivity contribution < 1.29 is 23.0 Å². The topological polar surface area (TPSA) is 55.5 Å². The Morgan fingerprint density at radius 2 is 1.81 bits per heavy atom. The molecule has 3 N–H and O–H groups in total. The van der Waals surface area contributed by atoms with Crippen LogP contribution in [0.4, 0.5) is 18.9 Å². The number of anilines is 1. The summed E-state index contributed by atoms with van der Waals surface area (Å²) in [5.74, 6) is 0.450. The lowest BCUT2D eigenvalue weighted by Crippen LogP contribution is -2.09. The number of rotatable bonds is 4. The van der Waals surface area contributed by atoms with Crippen LogP contribution in [0.5, 0.6) is 11.5 Å². The maximum absolute atomic E-state index is 12.8. The van der Waals surface area contributed by atoms with Gasteiger partial charge >= 0.3 is 6.18 Å². The van der Waals surface area contributed by atoms with Crippen LogP contribution in [-0.4, -0.2) is 11.7 Å². The molecule has 2 rings (SSSR count). The van der Waals surface area contributed by atoms with Crippen LogP contribution in [0.2, 0.25) is 0 Å². The summed E-state index contributed by atoms with van der Waals surface area (Å²) in [5.41, 5.74) is 4.77. The summed E-state index contributed by atoms with van der Waals surface area (Å²) >= 11 is 0. The third-order valence-electron chi connectivity index (χ3n) is 2.91. The minimum atomic E-state index is -4.53. The van der Waals surface area contributed by atoms with Crippen molar-refractivity contribution in [1.29, 1.82) is 0 Å². The van der Waals surface area contributed by atoms with Gasteiger partial charge in [-0.3, -0.25) is 0 Å². The van der Waals surface area contributed by atoms with Crippen molar-refractivity contribution >= 4 is 5.69 Å². The van der Waals surface area contributed by atoms with E-state index in [1.165, 1.54) is 6.07 Å². The van der Waals surface area contributed by atoms with Crippen molar-refractivity contribution in [2.45, 2.75) is 12.6 Å². The van der Waals surface area contributed by atoms with Gasteiger partial charge < -0.3 is 15.6 Å². The van der Waals surface area contributed by atoms with Crippen molar-refractivity contribution in [3.05, 3.63) is 53.6 Å². The molecule has 0 aromatic heterocycles. The zero-order chi connectivity index (χ0) is 15.5. The molecule has 21 heavy (non-hydrogen) atoms. The standard InChI is InChI=1S/C15H14F3NO2/c16-15(17,18)12-9-11(5-6-13(12)19)21-14-4-2-1-3-10(14)7-8-20/h1-6,9,20H,7-8,19H2. The smallest absolute Gasteiger partial charge is 0.418 e. The van der Waals surface area contributed by atoms with Gasteiger partial charge in [0.05, 0.1) is 5.56 Å². The summed E-state index contributed by atoms with van der Waals surface area (Å²) in [7, 11) is 0. The molecule has 0 spiro atoms. The highest BCUT2D eigenvalue weighted by Gasteiger charge is 2.33. The van der Waals surface area contributed by atoms with Crippen LogP contribution in [0.3, 0.4) is 0 Å². The van der Waals surface area contributed by atoms with E-state index in [0.717, 1.165) is 12.1 Å². The summed E-state index contributed by atoms with van der Waals surface area (Å²) in [4.78, 5) is 0. The van der Waals surface area contributed by atoms with E-state index in [1.807, 2.05) is 0 Å². The molecule has 0 radical (unpaired) electrons. The molecule has 0 aliphatic carbocycles. The van der Waals surface area contributed by atoms with E-state index in [1.54, 1.807) is 24.3 Å². The number of hydrogen-bond donors (Lipinski definition) is 2. The van der Waals surface area contributed by atoms with Gasteiger partial charge in [0.2, 0.25) is 0 Å². The lowest BCUT2D eigenvalue weighted by molar-refractivity contribution is -0.137. The van der Waals surface area contributed by atoms with E-state index >= 15 is 0 Å². The highest BCUT2D eigenvalue weighted by Crippen LogP contribution is 2.37. The summed E-state index contributed by atoms with van der Waals surface area (Å²) in [6.07, 6.45) is -4.18. The van der Waals surface area contributed by atoms with Crippen LogP contribution in [0, 0.1) is 0 Å². The van der Waals surface area contributed by atoms with E-state index in [0.29, 0.717) is 17.7 Å². The molecule has 2 aromatic carbocycles. The molecular formula is C15H14F3NO2. The van der Waals surface area contributed by atoms with Gasteiger partial charge in [-0.15, -0.1) is 0 Å². The average Bonchev–Trinajstić information content (AvgIpc) is 2.42. The molecule has 112 valence electrons. The Balaban J connectivity index is 2.33. The van der Waals surface area contributed by atoms with E-state index < -0.39 is 11.7 Å². The fourth-order valence-corrected chi connectivity index (χ4v) is 1.90. The first-order valence-corrected chi connectivity index (χ1v) is 6.25. The Labute approximate surface area is 119 Å². The number of aliphatic hydroxyl groups is 1. The fourth-order valence-electron chi connectivity index (χ4n) is 1.90. The van der Waals surface area contributed by atoms with Gasteiger partial charge in [0, 0.05) is 12.3 Å². The first-order valence-electron chi connectivity index (χ1n) is 6.25. The Morgan fingerprint density at radius 3 is 2.48 bits per heavy atom. The molecule has 0 heterocycles. The molecule has 2 aromatic rings. The maximum Gasteiger partial charge on any atom is 0.418 e. The Morgan fingerprint density at radius 1 is 1.10 bits per heavy atom. The van der Waals surface area contributed by atoms with Crippen LogP contribution in [0.1, 0.15) is 11.1 Å². The monoisotopic (exact) mass is 297 g/mol. The van der Waals surface area contributed by atoms with Crippen molar-refractivity contribution in [3.8, 4) is 11.5 Å². The first kappa shape index (κ1) is 15.2. The SMILES string of the molecule is Nc1ccc(Oc2ccccc2CCO)cc1C(F)(F)F. The number of hydrogen-bond acceptors (Lipinski definition) is 3. The number of benzene rings is 2. The van der Waals surface area contributed by atoms with E-state index in [-0.39, 0.29) is 18.0 Å². The van der Waals surface area contributed by atoms with Crippen molar-refractivity contribution in [3.63, 3.8) is 0 Å². The third kappa shape index (κ3) is 3.66. The third-order valence-corrected chi connectivity index (χ3v) is 2.91. The molecule has 0 fully saturated rings. The normalized spacial score (nSPS) is 11.4. The minimum Gasteiger partial charge on any atom is -0.457 e.